The standard InChI is InChI=1S/C22H40.C14H26/c1-4-6-12-20-16(3)14-18-10-8-13-21(18)22(20)19-11-7-9-17(5-2)15-19;1-3-12-6-4-5-7-14(12)13-9-8-11(2)10-13/h16-22H,4-15H2,1-3H3;11-14H,3-10H2,1-2H3. The molecule has 0 N–H and O–H groups in total. The summed E-state index contributed by atoms with van der Waals surface area (Å²) in [4.78, 5) is 0. The largest absolute Gasteiger partial charge is 0.0654 e. The van der Waals surface area contributed by atoms with Gasteiger partial charge in [0.2, 0.25) is 0 Å². The summed E-state index contributed by atoms with van der Waals surface area (Å²) < 4.78 is 0. The Kier molecular flexibility index (Phi) is 11.6. The molecule has 5 saturated carbocycles. The van der Waals surface area contributed by atoms with Gasteiger partial charge in [0.05, 0.1) is 0 Å². The smallest absolute Gasteiger partial charge is 0.0324 e. The van der Waals surface area contributed by atoms with Crippen molar-refractivity contribution < 1.29 is 0 Å². The third-order valence-corrected chi connectivity index (χ3v) is 12.8. The highest BCUT2D eigenvalue weighted by molar-refractivity contribution is 4.97. The van der Waals surface area contributed by atoms with Gasteiger partial charge >= 0.3 is 0 Å². The summed E-state index contributed by atoms with van der Waals surface area (Å²) in [6, 6.07) is 0. The van der Waals surface area contributed by atoms with Crippen molar-refractivity contribution in [1.82, 2.24) is 0 Å². The first-order chi connectivity index (χ1) is 17.5. The fourth-order valence-corrected chi connectivity index (χ4v) is 10.9. The third-order valence-electron chi connectivity index (χ3n) is 12.8. The molecule has 0 heterocycles. The molecule has 0 aromatic carbocycles. The molecule has 11 unspecified atom stereocenters. The van der Waals surface area contributed by atoms with E-state index in [-0.39, 0.29) is 0 Å². The Morgan fingerprint density at radius 3 is 2.03 bits per heavy atom. The summed E-state index contributed by atoms with van der Waals surface area (Å²) in [5.41, 5.74) is 0. The zero-order valence-corrected chi connectivity index (χ0v) is 25.5. The third kappa shape index (κ3) is 7.14. The maximum absolute atomic E-state index is 2.61. The lowest BCUT2D eigenvalue weighted by atomic mass is 9.56. The fraction of sp³-hybridized carbons (Fsp3) is 1.00. The molecule has 210 valence electrons. The molecule has 11 atom stereocenters. The van der Waals surface area contributed by atoms with Gasteiger partial charge < -0.3 is 0 Å². The van der Waals surface area contributed by atoms with Crippen LogP contribution in [0.3, 0.4) is 0 Å². The van der Waals surface area contributed by atoms with E-state index in [4.69, 9.17) is 0 Å². The predicted octanol–water partition coefficient (Wildman–Crippen LogP) is 11.7. The van der Waals surface area contributed by atoms with Crippen LogP contribution in [0.15, 0.2) is 0 Å². The highest BCUT2D eigenvalue weighted by Gasteiger charge is 2.47. The van der Waals surface area contributed by atoms with Crippen molar-refractivity contribution in [3.63, 3.8) is 0 Å². The van der Waals surface area contributed by atoms with Crippen LogP contribution in [0.25, 0.3) is 0 Å². The van der Waals surface area contributed by atoms with Crippen molar-refractivity contribution in [1.29, 1.82) is 0 Å². The summed E-state index contributed by atoms with van der Waals surface area (Å²) in [7, 11) is 0. The predicted molar refractivity (Wildman–Crippen MR) is 159 cm³/mol. The van der Waals surface area contributed by atoms with E-state index >= 15 is 0 Å². The number of unbranched alkanes of at least 4 members (excludes halogenated alkanes) is 1. The lowest BCUT2D eigenvalue weighted by molar-refractivity contribution is -0.00540. The summed E-state index contributed by atoms with van der Waals surface area (Å²) in [6.07, 6.45) is 30.5. The van der Waals surface area contributed by atoms with Crippen molar-refractivity contribution >= 4 is 0 Å². The van der Waals surface area contributed by atoms with Gasteiger partial charge in [-0.1, -0.05) is 118 Å². The van der Waals surface area contributed by atoms with Crippen LogP contribution in [0.5, 0.6) is 0 Å². The van der Waals surface area contributed by atoms with Crippen LogP contribution in [-0.4, -0.2) is 0 Å². The number of hydrogen-bond acceptors (Lipinski definition) is 0. The monoisotopic (exact) mass is 499 g/mol. The van der Waals surface area contributed by atoms with Gasteiger partial charge in [-0.15, -0.1) is 0 Å². The van der Waals surface area contributed by atoms with Crippen LogP contribution in [-0.2, 0) is 0 Å². The molecule has 5 aliphatic carbocycles. The SMILES string of the molecule is CCC1CCCCC1C1CCC(C)C1.CCCCC1C(C)CC2CCCC2C1C1CCCC(CC)C1. The second kappa shape index (κ2) is 14.4. The first-order valence-electron chi connectivity index (χ1n) is 17.5. The Morgan fingerprint density at radius 2 is 1.31 bits per heavy atom. The van der Waals surface area contributed by atoms with Crippen molar-refractivity contribution in [3.8, 4) is 0 Å². The first-order valence-corrected chi connectivity index (χ1v) is 17.5. The van der Waals surface area contributed by atoms with Gasteiger partial charge in [-0.3, -0.25) is 0 Å². The summed E-state index contributed by atoms with van der Waals surface area (Å²) in [6.45, 7) is 12.3. The summed E-state index contributed by atoms with van der Waals surface area (Å²) >= 11 is 0. The minimum atomic E-state index is 1.01. The van der Waals surface area contributed by atoms with Crippen LogP contribution in [0.4, 0.5) is 0 Å². The minimum Gasteiger partial charge on any atom is -0.0654 e. The molecule has 0 nitrogen and oxygen atoms in total. The second-order valence-corrected chi connectivity index (χ2v) is 14.9. The Bertz CT molecular complexity index is 607. The highest BCUT2D eigenvalue weighted by atomic mass is 14.5. The molecular formula is C36H66. The van der Waals surface area contributed by atoms with E-state index in [1.165, 1.54) is 64.2 Å². The van der Waals surface area contributed by atoms with Crippen LogP contribution >= 0.6 is 0 Å². The molecule has 5 fully saturated rings. The molecule has 36 heavy (non-hydrogen) atoms. The van der Waals surface area contributed by atoms with E-state index in [1.54, 1.807) is 64.2 Å². The Balaban J connectivity index is 0.000000187. The molecular weight excluding hydrogens is 432 g/mol. The molecule has 5 aliphatic rings. The van der Waals surface area contributed by atoms with Crippen LogP contribution in [0.1, 0.15) is 163 Å². The van der Waals surface area contributed by atoms with Gasteiger partial charge in [0.25, 0.3) is 0 Å². The van der Waals surface area contributed by atoms with Gasteiger partial charge in [0, 0.05) is 0 Å². The summed E-state index contributed by atoms with van der Waals surface area (Å²) in [5, 5.41) is 0. The average molecular weight is 499 g/mol. The minimum absolute atomic E-state index is 1.01. The Morgan fingerprint density at radius 1 is 0.583 bits per heavy atom. The molecule has 0 bridgehead atoms. The molecule has 0 spiro atoms. The molecule has 0 aromatic heterocycles. The maximum atomic E-state index is 2.61. The Labute approximate surface area is 227 Å². The van der Waals surface area contributed by atoms with Gasteiger partial charge in [0.15, 0.2) is 0 Å². The molecule has 5 rings (SSSR count). The van der Waals surface area contributed by atoms with E-state index in [1.807, 2.05) is 0 Å². The topological polar surface area (TPSA) is 0 Å². The van der Waals surface area contributed by atoms with Crippen molar-refractivity contribution in [2.45, 2.75) is 163 Å². The van der Waals surface area contributed by atoms with Gasteiger partial charge in [-0.25, -0.2) is 0 Å². The van der Waals surface area contributed by atoms with Crippen molar-refractivity contribution in [2.24, 2.45) is 65.1 Å². The van der Waals surface area contributed by atoms with Crippen LogP contribution < -0.4 is 0 Å². The zero-order chi connectivity index (χ0) is 25.5. The molecule has 0 aliphatic heterocycles. The zero-order valence-electron chi connectivity index (χ0n) is 25.5. The lowest BCUT2D eigenvalue weighted by Crippen LogP contribution is -2.42. The van der Waals surface area contributed by atoms with Crippen molar-refractivity contribution in [2.75, 3.05) is 0 Å². The van der Waals surface area contributed by atoms with E-state index < -0.39 is 0 Å². The number of fused-ring (bicyclic) bond motifs is 1. The fourth-order valence-electron chi connectivity index (χ4n) is 10.9. The van der Waals surface area contributed by atoms with Gasteiger partial charge in [-0.05, 0) is 110 Å². The van der Waals surface area contributed by atoms with Crippen LogP contribution in [0.2, 0.25) is 0 Å². The number of rotatable bonds is 7. The first kappa shape index (κ1) is 29.0. The lowest BCUT2D eigenvalue weighted by Gasteiger charge is -2.50. The van der Waals surface area contributed by atoms with Crippen LogP contribution in [0, 0.1) is 65.1 Å². The van der Waals surface area contributed by atoms with E-state index in [2.05, 4.69) is 34.6 Å². The molecule has 0 saturated heterocycles. The van der Waals surface area contributed by atoms with Gasteiger partial charge in [0.1, 0.15) is 0 Å². The quantitative estimate of drug-likeness (QED) is 0.327. The Hall–Kier alpha value is 0. The van der Waals surface area contributed by atoms with Gasteiger partial charge in [-0.2, -0.15) is 0 Å². The van der Waals surface area contributed by atoms with E-state index in [0.717, 1.165) is 65.1 Å². The van der Waals surface area contributed by atoms with Crippen molar-refractivity contribution in [3.05, 3.63) is 0 Å². The number of hydrogen-bond donors (Lipinski definition) is 0. The molecule has 0 heteroatoms. The maximum Gasteiger partial charge on any atom is -0.0324 e. The highest BCUT2D eigenvalue weighted by Crippen LogP contribution is 2.56. The average Bonchev–Trinajstić information content (AvgIpc) is 3.56. The van der Waals surface area contributed by atoms with E-state index in [9.17, 15) is 0 Å². The summed E-state index contributed by atoms with van der Waals surface area (Å²) in [5.74, 6) is 11.9. The molecule has 0 radical (unpaired) electrons. The van der Waals surface area contributed by atoms with E-state index in [0.29, 0.717) is 0 Å². The molecule has 0 amide bonds. The second-order valence-electron chi connectivity index (χ2n) is 14.9. The molecule has 0 aromatic rings. The normalized spacial score (nSPS) is 45.1.